The molecule has 2 aromatic heterocycles. The molecule has 2 N–H and O–H groups in total. The lowest BCUT2D eigenvalue weighted by atomic mass is 9.92. The van der Waals surface area contributed by atoms with Crippen LogP contribution in [0.25, 0.3) is 11.1 Å². The van der Waals surface area contributed by atoms with Crippen molar-refractivity contribution in [1.82, 2.24) is 9.36 Å². The van der Waals surface area contributed by atoms with E-state index in [0.717, 1.165) is 17.7 Å². The fourth-order valence-electron chi connectivity index (χ4n) is 2.90. The minimum absolute atomic E-state index is 0.532. The highest BCUT2D eigenvalue weighted by atomic mass is 32.1. The molecule has 0 radical (unpaired) electrons. The summed E-state index contributed by atoms with van der Waals surface area (Å²) in [5.41, 5.74) is 8.28. The van der Waals surface area contributed by atoms with Crippen molar-refractivity contribution in [3.8, 4) is 11.1 Å². The molecule has 0 amide bonds. The van der Waals surface area contributed by atoms with Gasteiger partial charge >= 0.3 is 0 Å². The first-order chi connectivity index (χ1) is 9.68. The second-order valence-electron chi connectivity index (χ2n) is 5.54. The molecule has 0 aliphatic carbocycles. The van der Waals surface area contributed by atoms with Crippen LogP contribution in [0, 0.1) is 5.92 Å². The minimum atomic E-state index is 0.532. The van der Waals surface area contributed by atoms with E-state index >= 15 is 0 Å². The van der Waals surface area contributed by atoms with E-state index in [1.54, 1.807) is 12.4 Å². The van der Waals surface area contributed by atoms with Crippen molar-refractivity contribution in [2.24, 2.45) is 5.92 Å². The first kappa shape index (κ1) is 13.4. The van der Waals surface area contributed by atoms with Crippen molar-refractivity contribution >= 4 is 22.4 Å². The summed E-state index contributed by atoms with van der Waals surface area (Å²) in [4.78, 5) is 6.55. The van der Waals surface area contributed by atoms with Crippen LogP contribution in [0.2, 0.25) is 0 Å². The molecule has 2 aromatic rings. The maximum Gasteiger partial charge on any atom is 0.147 e. The Kier molecular flexibility index (Phi) is 3.61. The predicted molar refractivity (Wildman–Crippen MR) is 85.0 cm³/mol. The minimum Gasteiger partial charge on any atom is -0.382 e. The fraction of sp³-hybridized carbons (Fsp3) is 0.467. The summed E-state index contributed by atoms with van der Waals surface area (Å²) in [6.07, 6.45) is 6.15. The Labute approximate surface area is 123 Å². The van der Waals surface area contributed by atoms with E-state index in [4.69, 9.17) is 5.73 Å². The number of pyridine rings is 1. The van der Waals surface area contributed by atoms with E-state index < -0.39 is 0 Å². The number of nitrogen functional groups attached to an aromatic ring is 1. The zero-order chi connectivity index (χ0) is 14.1. The van der Waals surface area contributed by atoms with E-state index in [1.165, 1.54) is 29.4 Å². The third-order valence-corrected chi connectivity index (χ3v) is 5.20. The molecule has 4 nitrogen and oxygen atoms in total. The van der Waals surface area contributed by atoms with Gasteiger partial charge in [-0.1, -0.05) is 6.92 Å². The number of rotatable bonds is 2. The normalized spacial score (nSPS) is 23.0. The zero-order valence-electron chi connectivity index (χ0n) is 11.9. The predicted octanol–water partition coefficient (Wildman–Crippen LogP) is 3.41. The van der Waals surface area contributed by atoms with E-state index in [-0.39, 0.29) is 0 Å². The second kappa shape index (κ2) is 5.40. The van der Waals surface area contributed by atoms with Gasteiger partial charge in [-0.15, -0.1) is 0 Å². The molecule has 3 rings (SSSR count). The smallest absolute Gasteiger partial charge is 0.147 e. The molecule has 0 aromatic carbocycles. The van der Waals surface area contributed by atoms with Crippen LogP contribution in [0.5, 0.6) is 0 Å². The molecule has 0 saturated carbocycles. The molecular weight excluding hydrogens is 268 g/mol. The highest BCUT2D eigenvalue weighted by Gasteiger charge is 2.29. The molecule has 3 heterocycles. The summed E-state index contributed by atoms with van der Waals surface area (Å²) in [6, 6.07) is 4.53. The summed E-state index contributed by atoms with van der Waals surface area (Å²) in [5, 5.41) is 1.20. The van der Waals surface area contributed by atoms with Crippen molar-refractivity contribution in [2.75, 3.05) is 17.2 Å². The molecule has 1 fully saturated rings. The van der Waals surface area contributed by atoms with Gasteiger partial charge in [-0.2, -0.15) is 4.37 Å². The molecule has 1 saturated heterocycles. The van der Waals surface area contributed by atoms with Gasteiger partial charge in [-0.3, -0.25) is 4.98 Å². The lowest BCUT2D eigenvalue weighted by Crippen LogP contribution is -2.42. The second-order valence-corrected chi connectivity index (χ2v) is 6.29. The number of aromatic nitrogens is 2. The maximum absolute atomic E-state index is 6.11. The SMILES string of the molecule is CC1CCCN(c2snc(N)c2-c2ccncc2)C1C. The molecule has 20 heavy (non-hydrogen) atoms. The Hall–Kier alpha value is -1.62. The standard InChI is InChI=1S/C15H20N4S/c1-10-4-3-9-19(11(10)2)15-13(14(16)18-20-15)12-5-7-17-8-6-12/h5-8,10-11H,3-4,9H2,1-2H3,(H2,16,18). The van der Waals surface area contributed by atoms with Gasteiger partial charge < -0.3 is 10.6 Å². The van der Waals surface area contributed by atoms with Gasteiger partial charge in [0.25, 0.3) is 0 Å². The lowest BCUT2D eigenvalue weighted by molar-refractivity contribution is 0.365. The van der Waals surface area contributed by atoms with E-state index in [9.17, 15) is 0 Å². The summed E-state index contributed by atoms with van der Waals surface area (Å²) in [5.74, 6) is 1.33. The first-order valence-electron chi connectivity index (χ1n) is 7.10. The average Bonchev–Trinajstić information content (AvgIpc) is 2.84. The molecule has 2 atom stereocenters. The van der Waals surface area contributed by atoms with Crippen molar-refractivity contribution in [3.63, 3.8) is 0 Å². The molecule has 1 aliphatic rings. The Bertz CT molecular complexity index is 581. The summed E-state index contributed by atoms with van der Waals surface area (Å²) in [6.45, 7) is 5.72. The van der Waals surface area contributed by atoms with Crippen LogP contribution in [0.1, 0.15) is 26.7 Å². The third kappa shape index (κ3) is 2.26. The van der Waals surface area contributed by atoms with E-state index in [2.05, 4.69) is 28.1 Å². The zero-order valence-corrected chi connectivity index (χ0v) is 12.7. The van der Waals surface area contributed by atoms with Gasteiger partial charge in [-0.25, -0.2) is 0 Å². The van der Waals surface area contributed by atoms with E-state index in [1.807, 2.05) is 12.1 Å². The van der Waals surface area contributed by atoms with Crippen LogP contribution in [0.3, 0.4) is 0 Å². The maximum atomic E-state index is 6.11. The highest BCUT2D eigenvalue weighted by Crippen LogP contribution is 2.42. The van der Waals surface area contributed by atoms with Crippen molar-refractivity contribution in [3.05, 3.63) is 24.5 Å². The number of nitrogens with two attached hydrogens (primary N) is 1. The Morgan fingerprint density at radius 1 is 1.30 bits per heavy atom. The molecule has 106 valence electrons. The Balaban J connectivity index is 2.03. The average molecular weight is 288 g/mol. The van der Waals surface area contributed by atoms with Crippen LogP contribution < -0.4 is 10.6 Å². The molecule has 5 heteroatoms. The molecular formula is C15H20N4S. The number of piperidine rings is 1. The fourth-order valence-corrected chi connectivity index (χ4v) is 3.85. The number of anilines is 2. The Morgan fingerprint density at radius 2 is 2.05 bits per heavy atom. The van der Waals surface area contributed by atoms with Crippen molar-refractivity contribution < 1.29 is 0 Å². The van der Waals surface area contributed by atoms with Crippen LogP contribution in [0.15, 0.2) is 24.5 Å². The lowest BCUT2D eigenvalue weighted by Gasteiger charge is -2.39. The topological polar surface area (TPSA) is 55.0 Å². The number of nitrogens with zero attached hydrogens (tertiary/aromatic N) is 3. The van der Waals surface area contributed by atoms with Gasteiger partial charge in [0.05, 0.1) is 5.56 Å². The largest absolute Gasteiger partial charge is 0.382 e. The van der Waals surface area contributed by atoms with Gasteiger partial charge in [-0.05, 0) is 54.9 Å². The number of hydrogen-bond donors (Lipinski definition) is 1. The van der Waals surface area contributed by atoms with Crippen molar-refractivity contribution in [1.29, 1.82) is 0 Å². The van der Waals surface area contributed by atoms with Gasteiger partial charge in [0, 0.05) is 25.0 Å². The number of hydrogen-bond acceptors (Lipinski definition) is 5. The van der Waals surface area contributed by atoms with Gasteiger partial charge in [0.15, 0.2) is 0 Å². The summed E-state index contributed by atoms with van der Waals surface area (Å²) in [7, 11) is 0. The summed E-state index contributed by atoms with van der Waals surface area (Å²) < 4.78 is 4.39. The van der Waals surface area contributed by atoms with Crippen LogP contribution in [0.4, 0.5) is 10.8 Å². The van der Waals surface area contributed by atoms with Gasteiger partial charge in [0.1, 0.15) is 10.8 Å². The van der Waals surface area contributed by atoms with Crippen molar-refractivity contribution in [2.45, 2.75) is 32.7 Å². The first-order valence-corrected chi connectivity index (χ1v) is 7.88. The molecule has 0 spiro atoms. The molecule has 1 aliphatic heterocycles. The van der Waals surface area contributed by atoms with E-state index in [0.29, 0.717) is 17.8 Å². The van der Waals surface area contributed by atoms with Crippen LogP contribution >= 0.6 is 11.5 Å². The third-order valence-electron chi connectivity index (χ3n) is 4.30. The quantitative estimate of drug-likeness (QED) is 0.920. The van der Waals surface area contributed by atoms with Crippen LogP contribution in [-0.2, 0) is 0 Å². The van der Waals surface area contributed by atoms with Crippen LogP contribution in [-0.4, -0.2) is 21.9 Å². The van der Waals surface area contributed by atoms with Gasteiger partial charge in [0.2, 0.25) is 0 Å². The summed E-state index contributed by atoms with van der Waals surface area (Å²) >= 11 is 1.51. The molecule has 0 bridgehead atoms. The monoisotopic (exact) mass is 288 g/mol. The molecule has 2 unspecified atom stereocenters. The highest BCUT2D eigenvalue weighted by molar-refractivity contribution is 7.11. The Morgan fingerprint density at radius 3 is 2.80 bits per heavy atom.